The Bertz CT molecular complexity index is 367. The molecule has 0 spiro atoms. The Hall–Kier alpha value is -1.31. The molecule has 1 saturated carbocycles. The Morgan fingerprint density at radius 2 is 1.81 bits per heavy atom. The Morgan fingerprint density at radius 1 is 1.12 bits per heavy atom. The highest BCUT2D eigenvalue weighted by molar-refractivity contribution is 5.80. The van der Waals surface area contributed by atoms with E-state index in [0.717, 1.165) is 19.3 Å². The lowest BCUT2D eigenvalue weighted by atomic mass is 9.91. The molecule has 1 aromatic carbocycles. The summed E-state index contributed by atoms with van der Waals surface area (Å²) in [7, 11) is 0. The van der Waals surface area contributed by atoms with Crippen LogP contribution in [0.2, 0.25) is 0 Å². The van der Waals surface area contributed by atoms with Crippen molar-refractivity contribution >= 4 is 5.78 Å². The topological polar surface area (TPSA) is 37.3 Å². The molecule has 2 heteroatoms. The summed E-state index contributed by atoms with van der Waals surface area (Å²) in [5.41, 5.74) is 1.25. The largest absolute Gasteiger partial charge is 0.508 e. The number of phenols is 1. The van der Waals surface area contributed by atoms with Gasteiger partial charge in [-0.05, 0) is 42.9 Å². The van der Waals surface area contributed by atoms with Gasteiger partial charge in [-0.25, -0.2) is 0 Å². The summed E-state index contributed by atoms with van der Waals surface area (Å²) >= 11 is 0. The third-order valence-electron chi connectivity index (χ3n) is 3.60. The van der Waals surface area contributed by atoms with Crippen LogP contribution < -0.4 is 0 Å². The number of carbonyl (C=O) groups is 1. The number of aromatic hydroxyl groups is 1. The molecule has 2 atom stereocenters. The minimum atomic E-state index is 0.224. The molecule has 0 aromatic heterocycles. The van der Waals surface area contributed by atoms with Crippen LogP contribution in [0.3, 0.4) is 0 Å². The second-order valence-corrected chi connectivity index (χ2v) is 4.77. The van der Waals surface area contributed by atoms with Crippen molar-refractivity contribution in [3.63, 3.8) is 0 Å². The molecule has 2 nitrogen and oxygen atoms in total. The van der Waals surface area contributed by atoms with E-state index in [1.807, 2.05) is 19.1 Å². The Morgan fingerprint density at radius 3 is 2.50 bits per heavy atom. The molecule has 0 aliphatic heterocycles. The van der Waals surface area contributed by atoms with E-state index < -0.39 is 0 Å². The first kappa shape index (κ1) is 11.2. The molecule has 0 amide bonds. The van der Waals surface area contributed by atoms with E-state index in [1.165, 1.54) is 5.56 Å². The summed E-state index contributed by atoms with van der Waals surface area (Å²) in [5, 5.41) is 9.24. The van der Waals surface area contributed by atoms with Gasteiger partial charge in [0.1, 0.15) is 11.5 Å². The molecule has 1 N–H and O–H groups in total. The average molecular weight is 218 g/mol. The number of carbonyl (C=O) groups excluding carboxylic acids is 1. The highest BCUT2D eigenvalue weighted by Gasteiger charge is 2.22. The lowest BCUT2D eigenvalue weighted by Gasteiger charge is -2.14. The fraction of sp³-hybridized carbons (Fsp3) is 0.500. The number of Topliss-reactive ketones (excluding diaryl/α,β-unsaturated/α-hetero) is 1. The van der Waals surface area contributed by atoms with E-state index in [9.17, 15) is 9.90 Å². The molecule has 0 saturated heterocycles. The molecule has 16 heavy (non-hydrogen) atoms. The van der Waals surface area contributed by atoms with E-state index in [4.69, 9.17) is 0 Å². The lowest BCUT2D eigenvalue weighted by molar-refractivity contribution is -0.122. The summed E-state index contributed by atoms with van der Waals surface area (Å²) < 4.78 is 0. The van der Waals surface area contributed by atoms with Gasteiger partial charge in [-0.3, -0.25) is 4.79 Å². The van der Waals surface area contributed by atoms with Crippen molar-refractivity contribution in [2.24, 2.45) is 5.92 Å². The first-order valence-corrected chi connectivity index (χ1v) is 5.98. The molecule has 2 rings (SSSR count). The van der Waals surface area contributed by atoms with Gasteiger partial charge >= 0.3 is 0 Å². The van der Waals surface area contributed by atoms with Crippen LogP contribution in [-0.2, 0) is 4.79 Å². The molecule has 0 bridgehead atoms. The lowest BCUT2D eigenvalue weighted by Crippen LogP contribution is -2.07. The van der Waals surface area contributed by atoms with Gasteiger partial charge in [0, 0.05) is 12.3 Å². The van der Waals surface area contributed by atoms with Gasteiger partial charge in [0.15, 0.2) is 0 Å². The minimum absolute atomic E-state index is 0.224. The first-order chi connectivity index (χ1) is 7.66. The normalized spacial score (nSPS) is 26.4. The summed E-state index contributed by atoms with van der Waals surface area (Å²) in [5.74, 6) is 1.42. The highest BCUT2D eigenvalue weighted by Crippen LogP contribution is 2.32. The standard InChI is InChI=1S/C14H18O2/c1-10-2-3-11(6-9-14(10)16)12-4-7-13(15)8-5-12/h4-5,7-8,10-11,15H,2-3,6,9H2,1H3. The van der Waals surface area contributed by atoms with Gasteiger partial charge in [-0.2, -0.15) is 0 Å². The fourth-order valence-electron chi connectivity index (χ4n) is 2.40. The molecule has 0 radical (unpaired) electrons. The molecular weight excluding hydrogens is 200 g/mol. The fourth-order valence-corrected chi connectivity index (χ4v) is 2.40. The molecule has 1 aliphatic rings. The van der Waals surface area contributed by atoms with E-state index >= 15 is 0 Å². The summed E-state index contributed by atoms with van der Waals surface area (Å²) in [6.07, 6.45) is 3.72. The van der Waals surface area contributed by atoms with Gasteiger partial charge in [0.25, 0.3) is 0 Å². The number of hydrogen-bond acceptors (Lipinski definition) is 2. The van der Waals surface area contributed by atoms with E-state index in [0.29, 0.717) is 23.9 Å². The van der Waals surface area contributed by atoms with Crippen LogP contribution in [0.5, 0.6) is 5.75 Å². The van der Waals surface area contributed by atoms with Gasteiger partial charge < -0.3 is 5.11 Å². The zero-order valence-electron chi connectivity index (χ0n) is 9.65. The third-order valence-corrected chi connectivity index (χ3v) is 3.60. The minimum Gasteiger partial charge on any atom is -0.508 e. The zero-order valence-corrected chi connectivity index (χ0v) is 9.65. The smallest absolute Gasteiger partial charge is 0.135 e. The Kier molecular flexibility index (Phi) is 3.28. The molecule has 1 aromatic rings. The SMILES string of the molecule is CC1CCC(c2ccc(O)cc2)CCC1=O. The van der Waals surface area contributed by atoms with Gasteiger partial charge in [-0.15, -0.1) is 0 Å². The molecule has 1 aliphatic carbocycles. The average Bonchev–Trinajstić information content (AvgIpc) is 2.44. The quantitative estimate of drug-likeness (QED) is 0.735. The maximum absolute atomic E-state index is 11.6. The van der Waals surface area contributed by atoms with Crippen molar-refractivity contribution < 1.29 is 9.90 Å². The second kappa shape index (κ2) is 4.69. The summed E-state index contributed by atoms with van der Waals surface area (Å²) in [6, 6.07) is 7.40. The van der Waals surface area contributed by atoms with Crippen LogP contribution in [0.25, 0.3) is 0 Å². The summed E-state index contributed by atoms with van der Waals surface area (Å²) in [6.45, 7) is 2.03. The van der Waals surface area contributed by atoms with Crippen LogP contribution in [-0.4, -0.2) is 10.9 Å². The van der Waals surface area contributed by atoms with Crippen LogP contribution in [0.15, 0.2) is 24.3 Å². The molecule has 2 unspecified atom stereocenters. The molecule has 86 valence electrons. The third kappa shape index (κ3) is 2.43. The molecule has 0 heterocycles. The Balaban J connectivity index is 2.10. The van der Waals surface area contributed by atoms with E-state index in [-0.39, 0.29) is 5.92 Å². The zero-order chi connectivity index (χ0) is 11.5. The number of ketones is 1. The van der Waals surface area contributed by atoms with Crippen molar-refractivity contribution in [1.29, 1.82) is 0 Å². The van der Waals surface area contributed by atoms with Crippen LogP contribution in [0.4, 0.5) is 0 Å². The van der Waals surface area contributed by atoms with Crippen molar-refractivity contribution in [2.45, 2.75) is 38.5 Å². The van der Waals surface area contributed by atoms with Gasteiger partial charge in [0.05, 0.1) is 0 Å². The number of hydrogen-bond donors (Lipinski definition) is 1. The number of rotatable bonds is 1. The van der Waals surface area contributed by atoms with Gasteiger partial charge in [0.2, 0.25) is 0 Å². The van der Waals surface area contributed by atoms with Crippen molar-refractivity contribution in [3.8, 4) is 5.75 Å². The van der Waals surface area contributed by atoms with E-state index in [2.05, 4.69) is 0 Å². The van der Waals surface area contributed by atoms with Crippen molar-refractivity contribution in [1.82, 2.24) is 0 Å². The first-order valence-electron chi connectivity index (χ1n) is 5.98. The van der Waals surface area contributed by atoms with Crippen LogP contribution in [0, 0.1) is 5.92 Å². The molecular formula is C14H18O2. The predicted molar refractivity (Wildman–Crippen MR) is 63.5 cm³/mol. The number of phenolic OH excluding ortho intramolecular Hbond substituents is 1. The summed E-state index contributed by atoms with van der Waals surface area (Å²) in [4.78, 5) is 11.6. The van der Waals surface area contributed by atoms with Crippen molar-refractivity contribution in [3.05, 3.63) is 29.8 Å². The predicted octanol–water partition coefficient (Wildman–Crippen LogP) is 3.26. The number of benzene rings is 1. The van der Waals surface area contributed by atoms with Gasteiger partial charge in [-0.1, -0.05) is 19.1 Å². The van der Waals surface area contributed by atoms with Crippen LogP contribution in [0.1, 0.15) is 44.1 Å². The monoisotopic (exact) mass is 218 g/mol. The maximum Gasteiger partial charge on any atom is 0.135 e. The van der Waals surface area contributed by atoms with E-state index in [1.54, 1.807) is 12.1 Å². The maximum atomic E-state index is 11.6. The highest BCUT2D eigenvalue weighted by atomic mass is 16.3. The van der Waals surface area contributed by atoms with Crippen LogP contribution >= 0.6 is 0 Å². The molecule has 1 fully saturated rings. The van der Waals surface area contributed by atoms with Crippen molar-refractivity contribution in [2.75, 3.05) is 0 Å². The Labute approximate surface area is 96.3 Å². The second-order valence-electron chi connectivity index (χ2n) is 4.77.